The first kappa shape index (κ1) is 18.0. The molecule has 28 heavy (non-hydrogen) atoms. The Morgan fingerprint density at radius 2 is 1.86 bits per heavy atom. The summed E-state index contributed by atoms with van der Waals surface area (Å²) in [5.74, 6) is 1.54. The molecule has 0 bridgehead atoms. The van der Waals surface area contributed by atoms with E-state index in [-0.39, 0.29) is 24.6 Å². The summed E-state index contributed by atoms with van der Waals surface area (Å²) in [7, 11) is 0. The minimum Gasteiger partial charge on any atom is -0.454 e. The largest absolute Gasteiger partial charge is 0.454 e. The molecule has 0 aromatic heterocycles. The maximum absolute atomic E-state index is 13.3. The summed E-state index contributed by atoms with van der Waals surface area (Å²) < 4.78 is 24.4. The predicted molar refractivity (Wildman–Crippen MR) is 104 cm³/mol. The van der Waals surface area contributed by atoms with Gasteiger partial charge in [0.1, 0.15) is 5.82 Å². The summed E-state index contributed by atoms with van der Waals surface area (Å²) in [6, 6.07) is 13.0. The molecule has 1 saturated heterocycles. The molecule has 1 saturated carbocycles. The number of piperidine rings is 1. The number of halogens is 1. The van der Waals surface area contributed by atoms with Gasteiger partial charge in [0, 0.05) is 25.0 Å². The Morgan fingerprint density at radius 1 is 1.04 bits per heavy atom. The molecular weight excluding hydrogens is 357 g/mol. The normalized spacial score (nSPS) is 29.5. The van der Waals surface area contributed by atoms with Crippen molar-refractivity contribution in [2.24, 2.45) is 5.92 Å². The Hall–Kier alpha value is -2.11. The number of rotatable bonds is 3. The molecule has 1 N–H and O–H groups in total. The highest BCUT2D eigenvalue weighted by molar-refractivity contribution is 5.45. The fraction of sp³-hybridized carbons (Fsp3) is 0.478. The molecule has 3 aliphatic rings. The third kappa shape index (κ3) is 3.16. The van der Waals surface area contributed by atoms with Crippen LogP contribution in [0.3, 0.4) is 0 Å². The standard InChI is InChI=1S/C23H26FNO3/c24-18-7-4-16(5-8-18)14-25-12-11-23(26)10-2-1-3-19(23)22(25)17-6-9-20-21(13-17)28-15-27-20/h4-9,13,19,22,26H,1-3,10-12,14-15H2/t19-,22+,23-/m1/s1. The van der Waals surface area contributed by atoms with E-state index in [1.165, 1.54) is 12.1 Å². The monoisotopic (exact) mass is 383 g/mol. The maximum atomic E-state index is 13.3. The third-order valence-electron chi connectivity index (χ3n) is 6.71. The van der Waals surface area contributed by atoms with Gasteiger partial charge in [-0.15, -0.1) is 0 Å². The number of nitrogens with zero attached hydrogens (tertiary/aromatic N) is 1. The average Bonchev–Trinajstić information content (AvgIpc) is 3.17. The van der Waals surface area contributed by atoms with Crippen molar-refractivity contribution >= 4 is 0 Å². The van der Waals surface area contributed by atoms with E-state index in [4.69, 9.17) is 9.47 Å². The van der Waals surface area contributed by atoms with Crippen LogP contribution in [0.5, 0.6) is 11.5 Å². The Kier molecular flexibility index (Phi) is 4.52. The predicted octanol–water partition coefficient (Wildman–Crippen LogP) is 4.42. The third-order valence-corrected chi connectivity index (χ3v) is 6.71. The Morgan fingerprint density at radius 3 is 2.71 bits per heavy atom. The fourth-order valence-electron chi connectivity index (χ4n) is 5.28. The zero-order valence-corrected chi connectivity index (χ0v) is 15.9. The van der Waals surface area contributed by atoms with Crippen LogP contribution >= 0.6 is 0 Å². The van der Waals surface area contributed by atoms with E-state index in [2.05, 4.69) is 17.0 Å². The maximum Gasteiger partial charge on any atom is 0.231 e. The van der Waals surface area contributed by atoms with Gasteiger partial charge in [0.15, 0.2) is 11.5 Å². The molecule has 2 heterocycles. The topological polar surface area (TPSA) is 41.9 Å². The molecule has 0 radical (unpaired) electrons. The fourth-order valence-corrected chi connectivity index (χ4v) is 5.28. The van der Waals surface area contributed by atoms with Gasteiger partial charge in [0.25, 0.3) is 0 Å². The van der Waals surface area contributed by atoms with E-state index >= 15 is 0 Å². The van der Waals surface area contributed by atoms with Crippen LogP contribution in [0.1, 0.15) is 49.3 Å². The Labute approximate surface area is 164 Å². The van der Waals surface area contributed by atoms with E-state index in [0.29, 0.717) is 0 Å². The minimum atomic E-state index is -0.599. The van der Waals surface area contributed by atoms with E-state index < -0.39 is 5.60 Å². The van der Waals surface area contributed by atoms with Crippen LogP contribution in [-0.4, -0.2) is 28.9 Å². The molecule has 0 spiro atoms. The van der Waals surface area contributed by atoms with Crippen molar-refractivity contribution in [1.29, 1.82) is 0 Å². The molecule has 148 valence electrons. The molecule has 2 fully saturated rings. The van der Waals surface area contributed by atoms with Crippen molar-refractivity contribution in [3.8, 4) is 11.5 Å². The lowest BCUT2D eigenvalue weighted by Gasteiger charge is -2.52. The van der Waals surface area contributed by atoms with Gasteiger partial charge in [-0.1, -0.05) is 31.0 Å². The molecule has 2 aromatic carbocycles. The second kappa shape index (κ2) is 7.05. The molecule has 2 aliphatic heterocycles. The quantitative estimate of drug-likeness (QED) is 0.852. The number of ether oxygens (including phenoxy) is 2. The van der Waals surface area contributed by atoms with Crippen molar-refractivity contribution in [1.82, 2.24) is 4.90 Å². The van der Waals surface area contributed by atoms with E-state index in [9.17, 15) is 9.50 Å². The first-order valence-corrected chi connectivity index (χ1v) is 10.2. The molecular formula is C23H26FNO3. The van der Waals surface area contributed by atoms with Crippen LogP contribution in [0.2, 0.25) is 0 Å². The second-order valence-corrected chi connectivity index (χ2v) is 8.36. The molecule has 4 nitrogen and oxygen atoms in total. The van der Waals surface area contributed by atoms with Crippen molar-refractivity contribution in [2.45, 2.75) is 50.3 Å². The van der Waals surface area contributed by atoms with Crippen molar-refractivity contribution < 1.29 is 19.0 Å². The SMILES string of the molecule is O[C@@]12CCCC[C@@H]1[C@H](c1ccc3c(c1)OCO3)N(Cc1ccc(F)cc1)CC2. The van der Waals surface area contributed by atoms with Crippen LogP contribution < -0.4 is 9.47 Å². The van der Waals surface area contributed by atoms with Gasteiger partial charge in [-0.3, -0.25) is 4.90 Å². The second-order valence-electron chi connectivity index (χ2n) is 8.36. The van der Waals surface area contributed by atoms with Gasteiger partial charge in [-0.05, 0) is 54.7 Å². The summed E-state index contributed by atoms with van der Waals surface area (Å²) in [5.41, 5.74) is 1.66. The zero-order valence-electron chi connectivity index (χ0n) is 15.9. The number of fused-ring (bicyclic) bond motifs is 2. The van der Waals surface area contributed by atoms with Crippen molar-refractivity contribution in [2.75, 3.05) is 13.3 Å². The Bertz CT molecular complexity index is 855. The number of benzene rings is 2. The molecule has 0 amide bonds. The van der Waals surface area contributed by atoms with E-state index in [1.54, 1.807) is 0 Å². The molecule has 3 atom stereocenters. The van der Waals surface area contributed by atoms with E-state index in [0.717, 1.165) is 67.8 Å². The number of aliphatic hydroxyl groups is 1. The minimum absolute atomic E-state index is 0.110. The zero-order chi connectivity index (χ0) is 19.1. The van der Waals surface area contributed by atoms with Gasteiger partial charge >= 0.3 is 0 Å². The van der Waals surface area contributed by atoms with Crippen LogP contribution in [0.15, 0.2) is 42.5 Å². The smallest absolute Gasteiger partial charge is 0.231 e. The van der Waals surface area contributed by atoms with Crippen LogP contribution in [0.25, 0.3) is 0 Å². The van der Waals surface area contributed by atoms with Crippen LogP contribution in [-0.2, 0) is 6.54 Å². The van der Waals surface area contributed by atoms with Gasteiger partial charge in [0.2, 0.25) is 6.79 Å². The van der Waals surface area contributed by atoms with Gasteiger partial charge in [-0.2, -0.15) is 0 Å². The summed E-state index contributed by atoms with van der Waals surface area (Å²) >= 11 is 0. The van der Waals surface area contributed by atoms with E-state index in [1.807, 2.05) is 18.2 Å². The van der Waals surface area contributed by atoms with Crippen molar-refractivity contribution in [3.05, 3.63) is 59.4 Å². The molecule has 5 rings (SSSR count). The lowest BCUT2D eigenvalue weighted by Crippen LogP contribution is -2.54. The number of likely N-dealkylation sites (tertiary alicyclic amines) is 1. The molecule has 5 heteroatoms. The molecule has 0 unspecified atom stereocenters. The first-order valence-electron chi connectivity index (χ1n) is 10.2. The Balaban J connectivity index is 1.50. The number of hydrogen-bond acceptors (Lipinski definition) is 4. The highest BCUT2D eigenvalue weighted by Gasteiger charge is 2.49. The molecule has 2 aromatic rings. The van der Waals surface area contributed by atoms with Crippen LogP contribution in [0.4, 0.5) is 4.39 Å². The molecule has 1 aliphatic carbocycles. The average molecular weight is 383 g/mol. The highest BCUT2D eigenvalue weighted by Crippen LogP contribution is 2.50. The highest BCUT2D eigenvalue weighted by atomic mass is 19.1. The lowest BCUT2D eigenvalue weighted by atomic mass is 9.66. The first-order chi connectivity index (χ1) is 13.6. The van der Waals surface area contributed by atoms with Crippen molar-refractivity contribution in [3.63, 3.8) is 0 Å². The summed E-state index contributed by atoms with van der Waals surface area (Å²) in [4.78, 5) is 2.44. The van der Waals surface area contributed by atoms with Gasteiger partial charge in [0.05, 0.1) is 5.60 Å². The lowest BCUT2D eigenvalue weighted by molar-refractivity contribution is -0.126. The van der Waals surface area contributed by atoms with Crippen LogP contribution in [0, 0.1) is 11.7 Å². The van der Waals surface area contributed by atoms with Gasteiger partial charge < -0.3 is 14.6 Å². The summed E-state index contributed by atoms with van der Waals surface area (Å²) in [6.45, 7) is 1.82. The summed E-state index contributed by atoms with van der Waals surface area (Å²) in [5, 5.41) is 11.4. The summed E-state index contributed by atoms with van der Waals surface area (Å²) in [6.07, 6.45) is 4.94. The number of hydrogen-bond donors (Lipinski definition) is 1. The van der Waals surface area contributed by atoms with Gasteiger partial charge in [-0.25, -0.2) is 4.39 Å².